The Labute approximate surface area is 148 Å². The fourth-order valence-corrected chi connectivity index (χ4v) is 2.30. The quantitative estimate of drug-likeness (QED) is 0.763. The molecule has 0 aliphatic carbocycles. The average Bonchev–Trinajstić information content (AvgIpc) is 2.52. The van der Waals surface area contributed by atoms with Crippen molar-refractivity contribution in [3.05, 3.63) is 58.9 Å². The Balaban J connectivity index is 1.95. The Morgan fingerprint density at radius 1 is 1.04 bits per heavy atom. The van der Waals surface area contributed by atoms with E-state index in [-0.39, 0.29) is 23.0 Å². The third kappa shape index (κ3) is 5.29. The molecule has 0 fully saturated rings. The summed E-state index contributed by atoms with van der Waals surface area (Å²) in [6.45, 7) is 1.00. The van der Waals surface area contributed by atoms with E-state index in [9.17, 15) is 18.8 Å². The highest BCUT2D eigenvalue weighted by atomic mass is 35.5. The topological polar surface area (TPSA) is 87.3 Å². The summed E-state index contributed by atoms with van der Waals surface area (Å²) in [7, 11) is 0. The molecular weight excluding hydrogens is 349 g/mol. The number of carbonyl (C=O) groups is 3. The maximum Gasteiger partial charge on any atom is 0.256 e. The van der Waals surface area contributed by atoms with Gasteiger partial charge < -0.3 is 16.0 Å². The molecule has 3 amide bonds. The Bertz CT molecular complexity index is 806. The van der Waals surface area contributed by atoms with Gasteiger partial charge in [-0.2, -0.15) is 0 Å². The summed E-state index contributed by atoms with van der Waals surface area (Å²) in [4.78, 5) is 34.9. The van der Waals surface area contributed by atoms with Crippen LogP contribution in [0.1, 0.15) is 17.3 Å². The highest BCUT2D eigenvalue weighted by Crippen LogP contribution is 2.18. The summed E-state index contributed by atoms with van der Waals surface area (Å²) in [6, 6.07) is 10.4. The van der Waals surface area contributed by atoms with Gasteiger partial charge >= 0.3 is 0 Å². The maximum absolute atomic E-state index is 13.6. The van der Waals surface area contributed by atoms with Crippen molar-refractivity contribution in [3.8, 4) is 0 Å². The number of benzene rings is 2. The van der Waals surface area contributed by atoms with Crippen molar-refractivity contribution in [2.45, 2.75) is 6.92 Å². The minimum Gasteiger partial charge on any atom is -0.343 e. The van der Waals surface area contributed by atoms with E-state index >= 15 is 0 Å². The minimum absolute atomic E-state index is 0.0408. The van der Waals surface area contributed by atoms with Gasteiger partial charge in [-0.25, -0.2) is 4.39 Å². The van der Waals surface area contributed by atoms with Crippen molar-refractivity contribution < 1.29 is 18.8 Å². The number of anilines is 2. The number of hydrogen-bond donors (Lipinski definition) is 3. The minimum atomic E-state index is -0.787. The lowest BCUT2D eigenvalue weighted by atomic mass is 10.2. The van der Waals surface area contributed by atoms with Crippen molar-refractivity contribution in [1.82, 2.24) is 5.32 Å². The summed E-state index contributed by atoms with van der Waals surface area (Å²) < 4.78 is 13.6. The molecule has 0 radical (unpaired) electrons. The lowest BCUT2D eigenvalue weighted by Crippen LogP contribution is -2.33. The first kappa shape index (κ1) is 18.4. The SMILES string of the molecule is CC(=O)Nc1cccc(NC(=O)CNC(=O)c2c(F)cccc2Cl)c1. The molecule has 6 nitrogen and oxygen atoms in total. The molecule has 0 saturated carbocycles. The second kappa shape index (κ2) is 8.25. The molecule has 25 heavy (non-hydrogen) atoms. The van der Waals surface area contributed by atoms with Crippen LogP contribution in [0.5, 0.6) is 0 Å². The lowest BCUT2D eigenvalue weighted by Gasteiger charge is -2.10. The molecule has 0 spiro atoms. The first-order chi connectivity index (χ1) is 11.9. The predicted molar refractivity (Wildman–Crippen MR) is 93.1 cm³/mol. The highest BCUT2D eigenvalue weighted by Gasteiger charge is 2.16. The molecule has 0 aliphatic heterocycles. The van der Waals surface area contributed by atoms with Gasteiger partial charge in [0.2, 0.25) is 11.8 Å². The molecule has 3 N–H and O–H groups in total. The number of nitrogens with one attached hydrogen (secondary N) is 3. The van der Waals surface area contributed by atoms with E-state index in [1.54, 1.807) is 24.3 Å². The van der Waals surface area contributed by atoms with Crippen molar-refractivity contribution in [1.29, 1.82) is 0 Å². The van der Waals surface area contributed by atoms with Crippen molar-refractivity contribution in [2.24, 2.45) is 0 Å². The van der Waals surface area contributed by atoms with Crippen LogP contribution in [0, 0.1) is 5.82 Å². The van der Waals surface area contributed by atoms with Crippen LogP contribution in [-0.2, 0) is 9.59 Å². The van der Waals surface area contributed by atoms with Crippen LogP contribution in [0.2, 0.25) is 5.02 Å². The Kier molecular flexibility index (Phi) is 6.08. The van der Waals surface area contributed by atoms with Gasteiger partial charge in [0.1, 0.15) is 5.82 Å². The standard InChI is InChI=1S/C17H15ClFN3O3/c1-10(23)21-11-4-2-5-12(8-11)22-15(24)9-20-17(25)16-13(18)6-3-7-14(16)19/h2-8H,9H2,1H3,(H,20,25)(H,21,23)(H,22,24). The third-order valence-corrected chi connectivity index (χ3v) is 3.38. The van der Waals surface area contributed by atoms with E-state index in [1.165, 1.54) is 19.1 Å². The van der Waals surface area contributed by atoms with E-state index in [4.69, 9.17) is 11.6 Å². The number of hydrogen-bond acceptors (Lipinski definition) is 3. The Hall–Kier alpha value is -2.93. The molecule has 2 aromatic carbocycles. The zero-order valence-electron chi connectivity index (χ0n) is 13.2. The predicted octanol–water partition coefficient (Wildman–Crippen LogP) is 2.81. The van der Waals surface area contributed by atoms with Gasteiger partial charge in [0, 0.05) is 18.3 Å². The molecular formula is C17H15ClFN3O3. The molecule has 2 aromatic rings. The van der Waals surface area contributed by atoms with E-state index in [1.807, 2.05) is 0 Å². The number of rotatable bonds is 5. The first-order valence-corrected chi connectivity index (χ1v) is 7.64. The lowest BCUT2D eigenvalue weighted by molar-refractivity contribution is -0.115. The molecule has 0 aliphatic rings. The third-order valence-electron chi connectivity index (χ3n) is 3.07. The summed E-state index contributed by atoms with van der Waals surface area (Å²) in [5.74, 6) is -2.31. The molecule has 0 saturated heterocycles. The van der Waals surface area contributed by atoms with Gasteiger partial charge in [0.15, 0.2) is 0 Å². The summed E-state index contributed by atoms with van der Waals surface area (Å²) >= 11 is 5.79. The molecule has 0 unspecified atom stereocenters. The van der Waals surface area contributed by atoms with Crippen LogP contribution in [-0.4, -0.2) is 24.3 Å². The smallest absolute Gasteiger partial charge is 0.256 e. The van der Waals surface area contributed by atoms with Crippen molar-refractivity contribution in [3.63, 3.8) is 0 Å². The molecule has 0 aromatic heterocycles. The zero-order chi connectivity index (χ0) is 18.4. The molecule has 8 heteroatoms. The zero-order valence-corrected chi connectivity index (χ0v) is 14.0. The Morgan fingerprint density at radius 3 is 2.32 bits per heavy atom. The van der Waals surface area contributed by atoms with Crippen LogP contribution in [0.4, 0.5) is 15.8 Å². The van der Waals surface area contributed by atoms with Gasteiger partial charge in [-0.3, -0.25) is 14.4 Å². The number of amides is 3. The first-order valence-electron chi connectivity index (χ1n) is 7.26. The van der Waals surface area contributed by atoms with E-state index in [0.717, 1.165) is 6.07 Å². The molecule has 0 heterocycles. The fourth-order valence-electron chi connectivity index (χ4n) is 2.05. The number of halogens is 2. The van der Waals surface area contributed by atoms with Gasteiger partial charge in [-0.15, -0.1) is 0 Å². The van der Waals surface area contributed by atoms with Crippen LogP contribution in [0.3, 0.4) is 0 Å². The normalized spacial score (nSPS) is 10.0. The Morgan fingerprint density at radius 2 is 1.68 bits per heavy atom. The van der Waals surface area contributed by atoms with Crippen molar-refractivity contribution in [2.75, 3.05) is 17.2 Å². The van der Waals surface area contributed by atoms with Gasteiger partial charge in [0.05, 0.1) is 17.1 Å². The van der Waals surface area contributed by atoms with E-state index in [0.29, 0.717) is 11.4 Å². The van der Waals surface area contributed by atoms with Gasteiger partial charge in [-0.05, 0) is 30.3 Å². The second-order valence-corrected chi connectivity index (χ2v) is 5.50. The molecule has 2 rings (SSSR count). The largest absolute Gasteiger partial charge is 0.343 e. The van der Waals surface area contributed by atoms with E-state index < -0.39 is 17.6 Å². The highest BCUT2D eigenvalue weighted by molar-refractivity contribution is 6.33. The fraction of sp³-hybridized carbons (Fsp3) is 0.118. The second-order valence-electron chi connectivity index (χ2n) is 5.09. The van der Waals surface area contributed by atoms with Gasteiger partial charge in [-0.1, -0.05) is 23.7 Å². The summed E-state index contributed by atoms with van der Waals surface area (Å²) in [5, 5.41) is 7.41. The van der Waals surface area contributed by atoms with Crippen LogP contribution in [0.25, 0.3) is 0 Å². The summed E-state index contributed by atoms with van der Waals surface area (Å²) in [6.07, 6.45) is 0. The van der Waals surface area contributed by atoms with Crippen LogP contribution < -0.4 is 16.0 Å². The van der Waals surface area contributed by atoms with Gasteiger partial charge in [0.25, 0.3) is 5.91 Å². The van der Waals surface area contributed by atoms with Crippen LogP contribution in [0.15, 0.2) is 42.5 Å². The van der Waals surface area contributed by atoms with E-state index in [2.05, 4.69) is 16.0 Å². The summed E-state index contributed by atoms with van der Waals surface area (Å²) in [5.41, 5.74) is 0.645. The molecule has 0 bridgehead atoms. The maximum atomic E-state index is 13.6. The molecule has 130 valence electrons. The van der Waals surface area contributed by atoms with Crippen LogP contribution >= 0.6 is 11.6 Å². The van der Waals surface area contributed by atoms with Crippen molar-refractivity contribution >= 4 is 40.7 Å². The monoisotopic (exact) mass is 363 g/mol. The number of carbonyl (C=O) groups excluding carboxylic acids is 3. The molecule has 0 atom stereocenters. The average molecular weight is 364 g/mol.